The number of nitrogens with zero attached hydrogens (tertiary/aromatic N) is 5. The summed E-state index contributed by atoms with van der Waals surface area (Å²) in [7, 11) is 0. The van der Waals surface area contributed by atoms with Gasteiger partial charge >= 0.3 is 0 Å². The molecule has 2 aromatic heterocycles. The van der Waals surface area contributed by atoms with Crippen LogP contribution < -0.4 is 10.9 Å². The van der Waals surface area contributed by atoms with Gasteiger partial charge < -0.3 is 5.32 Å². The van der Waals surface area contributed by atoms with Crippen LogP contribution in [0.3, 0.4) is 0 Å². The Morgan fingerprint density at radius 1 is 0.839 bits per heavy atom. The fourth-order valence-electron chi connectivity index (χ4n) is 3.40. The molecule has 1 N–H and O–H groups in total. The second-order valence-electron chi connectivity index (χ2n) is 6.77. The van der Waals surface area contributed by atoms with Crippen LogP contribution in [0.1, 0.15) is 10.5 Å². The zero-order chi connectivity index (χ0) is 21.2. The van der Waals surface area contributed by atoms with E-state index in [2.05, 4.69) is 20.7 Å². The van der Waals surface area contributed by atoms with Gasteiger partial charge in [-0.1, -0.05) is 53.7 Å². The molecule has 5 aromatic rings. The van der Waals surface area contributed by atoms with Crippen LogP contribution in [0.25, 0.3) is 22.1 Å². The van der Waals surface area contributed by atoms with Crippen LogP contribution in [-0.2, 0) is 0 Å². The van der Waals surface area contributed by atoms with E-state index in [9.17, 15) is 9.59 Å². The first-order valence-electron chi connectivity index (χ1n) is 9.57. The van der Waals surface area contributed by atoms with Gasteiger partial charge in [-0.2, -0.15) is 9.78 Å². The number of fused-ring (bicyclic) bond motifs is 1. The Labute approximate surface area is 176 Å². The molecule has 0 radical (unpaired) electrons. The number of carbonyl (C=O) groups is 1. The molecule has 0 unspecified atom stereocenters. The fraction of sp³-hybridized carbons (Fsp3) is 0. The number of amides is 1. The first kappa shape index (κ1) is 18.4. The largest absolute Gasteiger partial charge is 0.319 e. The summed E-state index contributed by atoms with van der Waals surface area (Å²) in [6.45, 7) is 0. The van der Waals surface area contributed by atoms with Crippen LogP contribution >= 0.6 is 0 Å². The van der Waals surface area contributed by atoms with E-state index in [4.69, 9.17) is 0 Å². The molecule has 0 spiro atoms. The summed E-state index contributed by atoms with van der Waals surface area (Å²) in [5.41, 5.74) is 1.64. The van der Waals surface area contributed by atoms with Crippen molar-refractivity contribution in [2.24, 2.45) is 0 Å². The van der Waals surface area contributed by atoms with E-state index in [1.165, 1.54) is 4.68 Å². The normalized spacial score (nSPS) is 10.8. The predicted molar refractivity (Wildman–Crippen MR) is 117 cm³/mol. The molecular formula is C23H16N6O2. The lowest BCUT2D eigenvalue weighted by Gasteiger charge is -2.13. The van der Waals surface area contributed by atoms with Gasteiger partial charge in [0.1, 0.15) is 0 Å². The van der Waals surface area contributed by atoms with Crippen molar-refractivity contribution in [2.75, 3.05) is 5.32 Å². The van der Waals surface area contributed by atoms with Crippen molar-refractivity contribution in [3.05, 3.63) is 107 Å². The van der Waals surface area contributed by atoms with E-state index in [0.717, 1.165) is 0 Å². The van der Waals surface area contributed by atoms with E-state index >= 15 is 0 Å². The molecule has 8 heteroatoms. The highest BCUT2D eigenvalue weighted by Crippen LogP contribution is 2.21. The number of aromatic nitrogens is 5. The number of para-hydroxylation sites is 3. The summed E-state index contributed by atoms with van der Waals surface area (Å²) >= 11 is 0. The number of anilines is 1. The van der Waals surface area contributed by atoms with Gasteiger partial charge in [-0.05, 0) is 30.3 Å². The molecule has 2 heterocycles. The summed E-state index contributed by atoms with van der Waals surface area (Å²) in [5.74, 6) is -0.437. The quantitative estimate of drug-likeness (QED) is 0.493. The zero-order valence-corrected chi connectivity index (χ0v) is 16.2. The lowest BCUT2D eigenvalue weighted by molar-refractivity contribution is 0.102. The third-order valence-corrected chi connectivity index (χ3v) is 4.84. The van der Waals surface area contributed by atoms with Crippen LogP contribution in [0.5, 0.6) is 0 Å². The number of hydrogen-bond acceptors (Lipinski definition) is 5. The Morgan fingerprint density at radius 2 is 1.55 bits per heavy atom. The zero-order valence-electron chi connectivity index (χ0n) is 16.2. The predicted octanol–water partition coefficient (Wildman–Crippen LogP) is 3.22. The van der Waals surface area contributed by atoms with Crippen LogP contribution in [0.15, 0.2) is 96.1 Å². The van der Waals surface area contributed by atoms with Crippen molar-refractivity contribution in [2.45, 2.75) is 0 Å². The Balaban J connectivity index is 1.64. The van der Waals surface area contributed by atoms with Crippen molar-refractivity contribution >= 4 is 22.4 Å². The lowest BCUT2D eigenvalue weighted by Crippen LogP contribution is -2.26. The van der Waals surface area contributed by atoms with E-state index in [1.807, 2.05) is 36.4 Å². The van der Waals surface area contributed by atoms with Crippen molar-refractivity contribution in [3.63, 3.8) is 0 Å². The van der Waals surface area contributed by atoms with Crippen molar-refractivity contribution < 1.29 is 4.79 Å². The van der Waals surface area contributed by atoms with Gasteiger partial charge in [0, 0.05) is 5.39 Å². The average molecular weight is 408 g/mol. The highest BCUT2D eigenvalue weighted by molar-refractivity contribution is 6.11. The summed E-state index contributed by atoms with van der Waals surface area (Å²) in [6.07, 6.45) is 3.25. The van der Waals surface area contributed by atoms with E-state index < -0.39 is 5.91 Å². The molecule has 0 aliphatic rings. The minimum Gasteiger partial charge on any atom is -0.319 e. The van der Waals surface area contributed by atoms with Crippen molar-refractivity contribution in [1.82, 2.24) is 24.8 Å². The fourth-order valence-corrected chi connectivity index (χ4v) is 3.40. The number of nitrogens with one attached hydrogen (secondary N) is 1. The minimum atomic E-state index is -0.437. The molecule has 1 amide bonds. The van der Waals surface area contributed by atoms with Gasteiger partial charge in [0.2, 0.25) is 0 Å². The second kappa shape index (κ2) is 7.68. The van der Waals surface area contributed by atoms with Crippen LogP contribution in [0.4, 0.5) is 5.69 Å². The highest BCUT2D eigenvalue weighted by atomic mass is 16.2. The minimum absolute atomic E-state index is 0.146. The molecule has 3 aromatic carbocycles. The molecule has 150 valence electrons. The molecule has 8 nitrogen and oxygen atoms in total. The van der Waals surface area contributed by atoms with Crippen molar-refractivity contribution in [1.29, 1.82) is 0 Å². The first-order chi connectivity index (χ1) is 15.2. The molecular weight excluding hydrogens is 392 g/mol. The Bertz CT molecular complexity index is 1440. The number of rotatable bonds is 4. The molecule has 0 aliphatic carbocycles. The van der Waals surface area contributed by atoms with Gasteiger partial charge in [-0.25, -0.2) is 4.68 Å². The van der Waals surface area contributed by atoms with Crippen LogP contribution in [0.2, 0.25) is 0 Å². The monoisotopic (exact) mass is 408 g/mol. The maximum Gasteiger partial charge on any atom is 0.279 e. The Hall–Kier alpha value is -4.59. The number of benzene rings is 3. The molecule has 0 saturated heterocycles. The molecule has 0 atom stereocenters. The van der Waals surface area contributed by atoms with E-state index in [-0.39, 0.29) is 11.3 Å². The highest BCUT2D eigenvalue weighted by Gasteiger charge is 2.19. The average Bonchev–Trinajstić information content (AvgIpc) is 3.35. The number of hydrogen-bond donors (Lipinski definition) is 1. The Kier molecular flexibility index (Phi) is 4.57. The Morgan fingerprint density at radius 3 is 2.32 bits per heavy atom. The molecule has 5 rings (SSSR count). The maximum absolute atomic E-state index is 13.3. The third kappa shape index (κ3) is 3.36. The SMILES string of the molecule is O=C(Nc1ccccc1-n1ccnn1)c1nn(-c2ccccc2)c(=O)c2ccccc12. The lowest BCUT2D eigenvalue weighted by atomic mass is 10.1. The third-order valence-electron chi connectivity index (χ3n) is 4.84. The van der Waals surface area contributed by atoms with E-state index in [1.54, 1.807) is 59.5 Å². The van der Waals surface area contributed by atoms with Gasteiger partial charge in [0.05, 0.1) is 34.8 Å². The van der Waals surface area contributed by atoms with Gasteiger partial charge in [-0.15, -0.1) is 5.10 Å². The molecule has 0 bridgehead atoms. The number of carbonyl (C=O) groups excluding carboxylic acids is 1. The molecule has 0 aliphatic heterocycles. The van der Waals surface area contributed by atoms with Crippen LogP contribution in [0, 0.1) is 0 Å². The van der Waals surface area contributed by atoms with Crippen LogP contribution in [-0.4, -0.2) is 30.7 Å². The van der Waals surface area contributed by atoms with Crippen molar-refractivity contribution in [3.8, 4) is 11.4 Å². The van der Waals surface area contributed by atoms with Gasteiger partial charge in [-0.3, -0.25) is 9.59 Å². The second-order valence-corrected chi connectivity index (χ2v) is 6.77. The molecule has 31 heavy (non-hydrogen) atoms. The first-order valence-corrected chi connectivity index (χ1v) is 9.57. The summed E-state index contributed by atoms with van der Waals surface area (Å²) in [4.78, 5) is 26.3. The standard InChI is InChI=1S/C23H16N6O2/c30-22(25-19-12-6-7-13-20(19)28-15-14-24-27-28)21-17-10-4-5-11-18(17)23(31)29(26-21)16-8-2-1-3-9-16/h1-15H,(H,25,30). The summed E-state index contributed by atoms with van der Waals surface area (Å²) < 4.78 is 2.81. The maximum atomic E-state index is 13.3. The molecule has 0 saturated carbocycles. The molecule has 0 fully saturated rings. The van der Waals surface area contributed by atoms with Gasteiger partial charge in [0.25, 0.3) is 11.5 Å². The smallest absolute Gasteiger partial charge is 0.279 e. The topological polar surface area (TPSA) is 94.7 Å². The summed E-state index contributed by atoms with van der Waals surface area (Å²) in [6, 6.07) is 23.2. The summed E-state index contributed by atoms with van der Waals surface area (Å²) in [5, 5.41) is 16.0. The van der Waals surface area contributed by atoms with E-state index in [0.29, 0.717) is 27.8 Å². The van der Waals surface area contributed by atoms with Gasteiger partial charge in [0.15, 0.2) is 5.69 Å².